The molecule has 1 saturated heterocycles. The van der Waals surface area contributed by atoms with Crippen LogP contribution in [0.4, 0.5) is 0 Å². The summed E-state index contributed by atoms with van der Waals surface area (Å²) in [5.41, 5.74) is 0. The lowest BCUT2D eigenvalue weighted by Gasteiger charge is -2.26. The van der Waals surface area contributed by atoms with Crippen LogP contribution in [0.3, 0.4) is 0 Å². The van der Waals surface area contributed by atoms with E-state index in [1.807, 2.05) is 16.4 Å². The number of nitrogens with one attached hydrogen (secondary N) is 1. The Morgan fingerprint density at radius 3 is 2.90 bits per heavy atom. The number of methoxy groups -OCH3 is 1. The highest BCUT2D eigenvalue weighted by atomic mass is 32.2. The van der Waals surface area contributed by atoms with Crippen molar-refractivity contribution < 1.29 is 4.74 Å². The smallest absolute Gasteiger partial charge is 0.167 e. The van der Waals surface area contributed by atoms with Crippen LogP contribution in [0.25, 0.3) is 0 Å². The Kier molecular flexibility index (Phi) is 6.71. The maximum atomic E-state index is 5.04. The van der Waals surface area contributed by atoms with Gasteiger partial charge in [-0.3, -0.25) is 4.90 Å². The van der Waals surface area contributed by atoms with E-state index >= 15 is 0 Å². The molecule has 2 heterocycles. The van der Waals surface area contributed by atoms with Crippen molar-refractivity contribution in [2.75, 3.05) is 51.4 Å². The quantitative estimate of drug-likeness (QED) is 0.679. The molecule has 0 amide bonds. The fourth-order valence-corrected chi connectivity index (χ4v) is 3.19. The molecule has 0 aliphatic carbocycles. The van der Waals surface area contributed by atoms with Crippen molar-refractivity contribution in [2.45, 2.75) is 19.5 Å². The van der Waals surface area contributed by atoms with Crippen molar-refractivity contribution in [3.8, 4) is 0 Å². The number of tetrazole rings is 1. The Morgan fingerprint density at radius 1 is 1.35 bits per heavy atom. The minimum absolute atomic E-state index is 0.136. The van der Waals surface area contributed by atoms with Gasteiger partial charge in [0.1, 0.15) is 0 Å². The van der Waals surface area contributed by atoms with Crippen molar-refractivity contribution in [1.82, 2.24) is 30.4 Å². The Balaban J connectivity index is 1.81. The zero-order valence-electron chi connectivity index (χ0n) is 12.3. The van der Waals surface area contributed by atoms with Crippen LogP contribution in [0.2, 0.25) is 0 Å². The first-order valence-corrected chi connectivity index (χ1v) is 8.25. The molecule has 114 valence electrons. The monoisotopic (exact) mass is 300 g/mol. The van der Waals surface area contributed by atoms with Gasteiger partial charge in [0.05, 0.1) is 19.2 Å². The molecule has 20 heavy (non-hydrogen) atoms. The van der Waals surface area contributed by atoms with E-state index in [1.54, 1.807) is 7.11 Å². The summed E-state index contributed by atoms with van der Waals surface area (Å²) in [7, 11) is 1.70. The van der Waals surface area contributed by atoms with Gasteiger partial charge in [-0.25, -0.2) is 4.68 Å². The molecule has 1 aromatic rings. The maximum absolute atomic E-state index is 5.04. The van der Waals surface area contributed by atoms with Gasteiger partial charge in [-0.15, -0.1) is 5.10 Å². The number of thioether (sulfide) groups is 1. The van der Waals surface area contributed by atoms with Gasteiger partial charge in [0.15, 0.2) is 5.82 Å². The standard InChI is InChI=1S/C12H24N6OS/c1-11(13-3-8-19-2)12-14-15-16-18(12)5-4-17-6-9-20-10-7-17/h11,13H,3-10H2,1-2H3. The Labute approximate surface area is 124 Å². The van der Waals surface area contributed by atoms with Crippen molar-refractivity contribution >= 4 is 11.8 Å². The van der Waals surface area contributed by atoms with Crippen LogP contribution < -0.4 is 5.32 Å². The fraction of sp³-hybridized carbons (Fsp3) is 0.917. The number of hydrogen-bond donors (Lipinski definition) is 1. The molecular formula is C12H24N6OS. The molecule has 1 N–H and O–H groups in total. The number of rotatable bonds is 8. The second kappa shape index (κ2) is 8.56. The molecule has 1 unspecified atom stereocenters. The molecule has 1 aliphatic heterocycles. The van der Waals surface area contributed by atoms with Gasteiger partial charge in [0, 0.05) is 44.8 Å². The van der Waals surface area contributed by atoms with E-state index in [0.717, 1.165) is 25.5 Å². The summed E-state index contributed by atoms with van der Waals surface area (Å²) in [6.45, 7) is 7.78. The number of ether oxygens (including phenoxy) is 1. The summed E-state index contributed by atoms with van der Waals surface area (Å²) >= 11 is 2.03. The summed E-state index contributed by atoms with van der Waals surface area (Å²) < 4.78 is 6.95. The Hall–Kier alpha value is -0.700. The predicted octanol–water partition coefficient (Wildman–Crippen LogP) is 0.0189. The number of nitrogens with zero attached hydrogens (tertiary/aromatic N) is 5. The SMILES string of the molecule is COCCNC(C)c1nnnn1CCN1CCSCC1. The van der Waals surface area contributed by atoms with Gasteiger partial charge in [-0.05, 0) is 17.4 Å². The van der Waals surface area contributed by atoms with Crippen molar-refractivity contribution in [3.63, 3.8) is 0 Å². The normalized spacial score (nSPS) is 18.3. The zero-order valence-corrected chi connectivity index (χ0v) is 13.1. The van der Waals surface area contributed by atoms with Crippen LogP contribution in [-0.2, 0) is 11.3 Å². The molecule has 8 heteroatoms. The third-order valence-corrected chi connectivity index (χ3v) is 4.38. The summed E-state index contributed by atoms with van der Waals surface area (Å²) in [6, 6.07) is 0.136. The zero-order chi connectivity index (χ0) is 14.2. The first kappa shape index (κ1) is 15.7. The van der Waals surface area contributed by atoms with E-state index in [-0.39, 0.29) is 6.04 Å². The third-order valence-electron chi connectivity index (χ3n) is 3.44. The molecule has 0 saturated carbocycles. The highest BCUT2D eigenvalue weighted by Gasteiger charge is 2.15. The third kappa shape index (κ3) is 4.69. The van der Waals surface area contributed by atoms with E-state index in [9.17, 15) is 0 Å². The predicted molar refractivity (Wildman–Crippen MR) is 79.9 cm³/mol. The van der Waals surface area contributed by atoms with Gasteiger partial charge in [-0.2, -0.15) is 11.8 Å². The highest BCUT2D eigenvalue weighted by Crippen LogP contribution is 2.10. The molecule has 7 nitrogen and oxygen atoms in total. The fourth-order valence-electron chi connectivity index (χ4n) is 2.21. The van der Waals surface area contributed by atoms with Crippen molar-refractivity contribution in [2.24, 2.45) is 0 Å². The molecule has 1 aliphatic rings. The summed E-state index contributed by atoms with van der Waals surface area (Å²) in [4.78, 5) is 2.48. The second-order valence-corrected chi connectivity index (χ2v) is 6.11. The summed E-state index contributed by atoms with van der Waals surface area (Å²) in [6.07, 6.45) is 0. The van der Waals surface area contributed by atoms with Crippen LogP contribution in [0.1, 0.15) is 18.8 Å². The van der Waals surface area contributed by atoms with Gasteiger partial charge in [-0.1, -0.05) is 0 Å². The second-order valence-electron chi connectivity index (χ2n) is 4.88. The average Bonchev–Trinajstić information content (AvgIpc) is 2.95. The Bertz CT molecular complexity index is 382. The molecular weight excluding hydrogens is 276 g/mol. The van der Waals surface area contributed by atoms with Crippen LogP contribution in [0.15, 0.2) is 0 Å². The van der Waals surface area contributed by atoms with E-state index in [1.165, 1.54) is 24.6 Å². The summed E-state index contributed by atoms with van der Waals surface area (Å²) in [5, 5.41) is 15.4. The van der Waals surface area contributed by atoms with E-state index < -0.39 is 0 Å². The van der Waals surface area contributed by atoms with E-state index in [4.69, 9.17) is 4.74 Å². The van der Waals surface area contributed by atoms with Crippen LogP contribution in [-0.4, -0.2) is 76.5 Å². The largest absolute Gasteiger partial charge is 0.383 e. The lowest BCUT2D eigenvalue weighted by Crippen LogP contribution is -2.36. The first-order chi connectivity index (χ1) is 9.81. The highest BCUT2D eigenvalue weighted by molar-refractivity contribution is 7.99. The molecule has 1 aromatic heterocycles. The average molecular weight is 300 g/mol. The topological polar surface area (TPSA) is 68.1 Å². The van der Waals surface area contributed by atoms with Gasteiger partial charge in [0.25, 0.3) is 0 Å². The van der Waals surface area contributed by atoms with Crippen LogP contribution >= 0.6 is 11.8 Å². The van der Waals surface area contributed by atoms with E-state index in [2.05, 4.69) is 32.7 Å². The minimum Gasteiger partial charge on any atom is -0.383 e. The maximum Gasteiger partial charge on any atom is 0.167 e. The molecule has 0 spiro atoms. The van der Waals surface area contributed by atoms with Crippen molar-refractivity contribution in [1.29, 1.82) is 0 Å². The number of aromatic nitrogens is 4. The lowest BCUT2D eigenvalue weighted by molar-refractivity contribution is 0.195. The molecule has 0 bridgehead atoms. The molecule has 2 rings (SSSR count). The number of hydrogen-bond acceptors (Lipinski definition) is 7. The summed E-state index contributed by atoms with van der Waals surface area (Å²) in [5.74, 6) is 3.36. The van der Waals surface area contributed by atoms with Crippen LogP contribution in [0, 0.1) is 0 Å². The lowest BCUT2D eigenvalue weighted by atomic mass is 10.3. The molecule has 1 atom stereocenters. The molecule has 0 radical (unpaired) electrons. The van der Waals surface area contributed by atoms with Gasteiger partial charge >= 0.3 is 0 Å². The first-order valence-electron chi connectivity index (χ1n) is 7.09. The van der Waals surface area contributed by atoms with Gasteiger partial charge in [0.2, 0.25) is 0 Å². The molecule has 1 fully saturated rings. The van der Waals surface area contributed by atoms with E-state index in [0.29, 0.717) is 6.61 Å². The van der Waals surface area contributed by atoms with Gasteiger partial charge < -0.3 is 10.1 Å². The molecule has 0 aromatic carbocycles. The minimum atomic E-state index is 0.136. The van der Waals surface area contributed by atoms with Crippen molar-refractivity contribution in [3.05, 3.63) is 5.82 Å². The Morgan fingerprint density at radius 2 is 2.15 bits per heavy atom. The van der Waals surface area contributed by atoms with Crippen LogP contribution in [0.5, 0.6) is 0 Å².